The summed E-state index contributed by atoms with van der Waals surface area (Å²) >= 11 is 6.13. The van der Waals surface area contributed by atoms with Gasteiger partial charge in [-0.15, -0.1) is 0 Å². The minimum atomic E-state index is 0.270. The molecule has 0 aliphatic carbocycles. The molecule has 0 spiro atoms. The van der Waals surface area contributed by atoms with Crippen LogP contribution in [0.5, 0.6) is 0 Å². The minimum absolute atomic E-state index is 0.270. The Morgan fingerprint density at radius 3 is 2.79 bits per heavy atom. The van der Waals surface area contributed by atoms with Gasteiger partial charge in [-0.25, -0.2) is 9.97 Å². The molecule has 0 aliphatic rings. The average molecular weight is 277 g/mol. The van der Waals surface area contributed by atoms with Gasteiger partial charge in [0.2, 0.25) is 0 Å². The van der Waals surface area contributed by atoms with E-state index in [1.807, 2.05) is 12.3 Å². The van der Waals surface area contributed by atoms with Gasteiger partial charge in [0.05, 0.1) is 0 Å². The summed E-state index contributed by atoms with van der Waals surface area (Å²) in [5, 5.41) is 3.83. The second-order valence-electron chi connectivity index (χ2n) is 4.74. The van der Waals surface area contributed by atoms with Crippen LogP contribution in [-0.2, 0) is 6.54 Å². The van der Waals surface area contributed by atoms with E-state index in [0.29, 0.717) is 11.7 Å². The molecule has 5 heteroatoms. The molecule has 2 aromatic heterocycles. The third-order valence-corrected chi connectivity index (χ3v) is 3.31. The van der Waals surface area contributed by atoms with Crippen LogP contribution in [0.4, 0.5) is 5.82 Å². The van der Waals surface area contributed by atoms with Crippen molar-refractivity contribution >= 4 is 17.4 Å². The van der Waals surface area contributed by atoms with E-state index in [1.54, 1.807) is 6.20 Å². The Morgan fingerprint density at radius 2 is 2.11 bits per heavy atom. The number of halogens is 1. The van der Waals surface area contributed by atoms with E-state index in [1.165, 1.54) is 11.9 Å². The molecule has 0 unspecified atom stereocenters. The van der Waals surface area contributed by atoms with Crippen LogP contribution < -0.4 is 5.32 Å². The van der Waals surface area contributed by atoms with Gasteiger partial charge in [-0.1, -0.05) is 25.4 Å². The number of anilines is 1. The van der Waals surface area contributed by atoms with Crippen molar-refractivity contribution in [3.8, 4) is 0 Å². The van der Waals surface area contributed by atoms with Crippen LogP contribution in [0, 0.1) is 6.92 Å². The molecule has 0 fully saturated rings. The smallest absolute Gasteiger partial charge is 0.138 e. The summed E-state index contributed by atoms with van der Waals surface area (Å²) in [5.41, 5.74) is 3.30. The van der Waals surface area contributed by atoms with Crippen LogP contribution in [0.25, 0.3) is 0 Å². The van der Waals surface area contributed by atoms with E-state index < -0.39 is 0 Å². The minimum Gasteiger partial charge on any atom is -0.366 e. The maximum Gasteiger partial charge on any atom is 0.138 e. The largest absolute Gasteiger partial charge is 0.366 e. The van der Waals surface area contributed by atoms with Crippen molar-refractivity contribution in [3.63, 3.8) is 0 Å². The average Bonchev–Trinajstić information content (AvgIpc) is 2.37. The van der Waals surface area contributed by atoms with E-state index in [2.05, 4.69) is 41.0 Å². The molecule has 19 heavy (non-hydrogen) atoms. The fraction of sp³-hybridized carbons (Fsp3) is 0.357. The predicted octanol–water partition coefficient (Wildman–Crippen LogP) is 3.57. The summed E-state index contributed by atoms with van der Waals surface area (Å²) in [6, 6.07) is 1.99. The highest BCUT2D eigenvalue weighted by molar-refractivity contribution is 6.30. The molecule has 0 aliphatic heterocycles. The molecular formula is C14H17ClN4. The number of pyridine rings is 1. The van der Waals surface area contributed by atoms with Gasteiger partial charge < -0.3 is 5.32 Å². The van der Waals surface area contributed by atoms with E-state index >= 15 is 0 Å². The number of hydrogen-bond acceptors (Lipinski definition) is 4. The number of nitrogens with zero attached hydrogens (tertiary/aromatic N) is 3. The van der Waals surface area contributed by atoms with Crippen LogP contribution in [0.2, 0.25) is 5.15 Å². The number of nitrogens with one attached hydrogen (secondary N) is 1. The number of rotatable bonds is 4. The molecular weight excluding hydrogens is 260 g/mol. The summed E-state index contributed by atoms with van der Waals surface area (Å²) in [4.78, 5) is 12.4. The van der Waals surface area contributed by atoms with Crippen molar-refractivity contribution < 1.29 is 0 Å². The lowest BCUT2D eigenvalue weighted by atomic mass is 10.1. The summed E-state index contributed by atoms with van der Waals surface area (Å²) in [6.45, 7) is 6.89. The van der Waals surface area contributed by atoms with Crippen LogP contribution >= 0.6 is 11.6 Å². The molecule has 0 aromatic carbocycles. The lowest BCUT2D eigenvalue weighted by Crippen LogP contribution is -2.08. The van der Waals surface area contributed by atoms with Gasteiger partial charge in [0, 0.05) is 24.5 Å². The summed E-state index contributed by atoms with van der Waals surface area (Å²) in [6.07, 6.45) is 5.13. The number of aromatic nitrogens is 3. The monoisotopic (exact) mass is 276 g/mol. The van der Waals surface area contributed by atoms with Crippen molar-refractivity contribution in [2.75, 3.05) is 5.32 Å². The molecule has 0 atom stereocenters. The molecule has 2 heterocycles. The normalized spacial score (nSPS) is 10.8. The molecule has 0 saturated heterocycles. The first-order valence-corrected chi connectivity index (χ1v) is 6.61. The van der Waals surface area contributed by atoms with E-state index in [4.69, 9.17) is 11.6 Å². The van der Waals surface area contributed by atoms with Crippen molar-refractivity contribution in [1.29, 1.82) is 0 Å². The zero-order valence-corrected chi connectivity index (χ0v) is 12.1. The summed E-state index contributed by atoms with van der Waals surface area (Å²) in [7, 11) is 0. The summed E-state index contributed by atoms with van der Waals surface area (Å²) in [5.74, 6) is 1.06. The molecule has 100 valence electrons. The Labute approximate surface area is 118 Å². The predicted molar refractivity (Wildman–Crippen MR) is 77.4 cm³/mol. The number of hydrogen-bond donors (Lipinski definition) is 1. The fourth-order valence-electron chi connectivity index (χ4n) is 1.89. The Morgan fingerprint density at radius 1 is 1.32 bits per heavy atom. The van der Waals surface area contributed by atoms with Crippen LogP contribution in [-0.4, -0.2) is 15.0 Å². The Bertz CT molecular complexity index is 569. The Kier molecular flexibility index (Phi) is 4.32. The van der Waals surface area contributed by atoms with Gasteiger partial charge in [-0.3, -0.25) is 4.98 Å². The number of aryl methyl sites for hydroxylation is 1. The van der Waals surface area contributed by atoms with Gasteiger partial charge in [-0.2, -0.15) is 0 Å². The second-order valence-corrected chi connectivity index (χ2v) is 5.10. The Hall–Kier alpha value is -1.68. The molecule has 1 N–H and O–H groups in total. The van der Waals surface area contributed by atoms with Gasteiger partial charge in [0.15, 0.2) is 0 Å². The standard InChI is InChI=1S/C14H17ClN4/c1-9(2)12-13(15)18-8-19-14(12)17-7-11-6-16-5-4-10(11)3/h4-6,8-9H,7H2,1-3H3,(H,17,18,19). The van der Waals surface area contributed by atoms with Crippen molar-refractivity contribution in [1.82, 2.24) is 15.0 Å². The van der Waals surface area contributed by atoms with Gasteiger partial charge >= 0.3 is 0 Å². The van der Waals surface area contributed by atoms with Crippen molar-refractivity contribution in [3.05, 3.63) is 46.6 Å². The highest BCUT2D eigenvalue weighted by Gasteiger charge is 2.13. The maximum absolute atomic E-state index is 6.13. The van der Waals surface area contributed by atoms with Gasteiger partial charge in [0.25, 0.3) is 0 Å². The van der Waals surface area contributed by atoms with E-state index in [0.717, 1.165) is 16.9 Å². The van der Waals surface area contributed by atoms with Crippen molar-refractivity contribution in [2.24, 2.45) is 0 Å². The molecule has 2 aromatic rings. The quantitative estimate of drug-likeness (QED) is 0.868. The SMILES string of the molecule is Cc1ccncc1CNc1ncnc(Cl)c1C(C)C. The maximum atomic E-state index is 6.13. The summed E-state index contributed by atoms with van der Waals surface area (Å²) < 4.78 is 0. The molecule has 4 nitrogen and oxygen atoms in total. The highest BCUT2D eigenvalue weighted by atomic mass is 35.5. The first kappa shape index (κ1) is 13.7. The van der Waals surface area contributed by atoms with Crippen LogP contribution in [0.15, 0.2) is 24.8 Å². The van der Waals surface area contributed by atoms with E-state index in [-0.39, 0.29) is 5.92 Å². The van der Waals surface area contributed by atoms with E-state index in [9.17, 15) is 0 Å². The van der Waals surface area contributed by atoms with Gasteiger partial charge in [0.1, 0.15) is 17.3 Å². The van der Waals surface area contributed by atoms with Gasteiger partial charge in [-0.05, 0) is 30.0 Å². The van der Waals surface area contributed by atoms with Crippen LogP contribution in [0.1, 0.15) is 36.5 Å². The third-order valence-electron chi connectivity index (χ3n) is 3.01. The topological polar surface area (TPSA) is 50.7 Å². The third kappa shape index (κ3) is 3.20. The molecule has 2 rings (SSSR count). The second kappa shape index (κ2) is 5.97. The molecule has 0 radical (unpaired) electrons. The zero-order chi connectivity index (χ0) is 13.8. The molecule has 0 bridgehead atoms. The highest BCUT2D eigenvalue weighted by Crippen LogP contribution is 2.28. The Balaban J connectivity index is 2.21. The first-order chi connectivity index (χ1) is 9.09. The zero-order valence-electron chi connectivity index (χ0n) is 11.3. The fourth-order valence-corrected chi connectivity index (χ4v) is 2.24. The molecule has 0 saturated carbocycles. The van der Waals surface area contributed by atoms with Crippen LogP contribution in [0.3, 0.4) is 0 Å². The lowest BCUT2D eigenvalue weighted by molar-refractivity contribution is 0.844. The lowest BCUT2D eigenvalue weighted by Gasteiger charge is -2.14. The van der Waals surface area contributed by atoms with Crippen molar-refractivity contribution in [2.45, 2.75) is 33.2 Å². The first-order valence-electron chi connectivity index (χ1n) is 6.23. The molecule has 0 amide bonds.